The van der Waals surface area contributed by atoms with E-state index < -0.39 is 22.9 Å². The van der Waals surface area contributed by atoms with Crippen LogP contribution in [0.1, 0.15) is 11.1 Å². The largest absolute Gasteiger partial charge is 0.480 e. The highest BCUT2D eigenvalue weighted by Gasteiger charge is 2.28. The Morgan fingerprint density at radius 3 is 2.39 bits per heavy atom. The van der Waals surface area contributed by atoms with Crippen LogP contribution in [0.5, 0.6) is 0 Å². The lowest BCUT2D eigenvalue weighted by molar-refractivity contribution is -0.137. The Kier molecular flexibility index (Phi) is 5.84. The molecule has 3 aromatic rings. The zero-order valence-electron chi connectivity index (χ0n) is 15.5. The quantitative estimate of drug-likeness (QED) is 0.543. The number of hydrogen-bond acceptors (Lipinski definition) is 6. The summed E-state index contributed by atoms with van der Waals surface area (Å²) in [6.07, 6.45) is 4.26. The van der Waals surface area contributed by atoms with E-state index >= 15 is 0 Å². The highest BCUT2D eigenvalue weighted by molar-refractivity contribution is 5.83. The monoisotopic (exact) mass is 379 g/mol. The van der Waals surface area contributed by atoms with E-state index in [9.17, 15) is 19.5 Å². The number of pyridine rings is 1. The van der Waals surface area contributed by atoms with Gasteiger partial charge in [-0.15, -0.1) is 0 Å². The Hall–Kier alpha value is -3.48. The third-order valence-electron chi connectivity index (χ3n) is 4.65. The molecule has 0 aliphatic carbocycles. The summed E-state index contributed by atoms with van der Waals surface area (Å²) in [5, 5.41) is 12.3. The Labute approximate surface area is 162 Å². The molecule has 0 saturated carbocycles. The fourth-order valence-electron chi connectivity index (χ4n) is 3.06. The van der Waals surface area contributed by atoms with Gasteiger partial charge in [-0.1, -0.05) is 30.3 Å². The average Bonchev–Trinajstić information content (AvgIpc) is 2.72. The Morgan fingerprint density at radius 1 is 1.07 bits per heavy atom. The van der Waals surface area contributed by atoms with Crippen LogP contribution in [0, 0.1) is 0 Å². The molecule has 0 unspecified atom stereocenters. The van der Waals surface area contributed by atoms with Gasteiger partial charge in [-0.2, -0.15) is 0 Å². The molecule has 28 heavy (non-hydrogen) atoms. The number of carboxylic acids is 1. The van der Waals surface area contributed by atoms with Gasteiger partial charge in [-0.3, -0.25) is 14.6 Å². The van der Waals surface area contributed by atoms with E-state index in [1.165, 1.54) is 0 Å². The third-order valence-corrected chi connectivity index (χ3v) is 4.65. The molecule has 0 fully saturated rings. The molecule has 2 N–H and O–H groups in total. The minimum atomic E-state index is -1.08. The fraction of sp³-hybridized carbons (Fsp3) is 0.238. The Balaban J connectivity index is 1.73. The van der Waals surface area contributed by atoms with Crippen molar-refractivity contribution in [2.24, 2.45) is 0 Å². The summed E-state index contributed by atoms with van der Waals surface area (Å²) in [5.74, 6) is -1.08. The number of carboxylic acid groups (broad SMARTS) is 1. The number of benzene rings is 1. The molecule has 1 heterocycles. The number of likely N-dealkylation sites (N-methyl/N-ethyl adjacent to an activating group) is 1. The lowest BCUT2D eigenvalue weighted by Gasteiger charge is -2.25. The maximum absolute atomic E-state index is 12.1. The molecular weight excluding hydrogens is 358 g/mol. The predicted molar refractivity (Wildman–Crippen MR) is 108 cm³/mol. The van der Waals surface area contributed by atoms with Crippen LogP contribution in [0.25, 0.3) is 0 Å². The molecule has 7 heteroatoms. The molecule has 2 aromatic carbocycles. The van der Waals surface area contributed by atoms with Crippen molar-refractivity contribution in [2.45, 2.75) is 18.9 Å². The smallest absolute Gasteiger partial charge is 0.326 e. The molecule has 0 aliphatic heterocycles. The summed E-state index contributed by atoms with van der Waals surface area (Å²) in [4.78, 5) is 41.5. The number of aliphatic carboxylic acids is 1. The number of nitrogens with one attached hydrogen (secondary N) is 1. The van der Waals surface area contributed by atoms with E-state index in [2.05, 4.69) is 10.3 Å². The molecule has 1 aromatic heterocycles. The molecule has 0 bridgehead atoms. The second-order valence-electron chi connectivity index (χ2n) is 6.63. The second kappa shape index (κ2) is 8.47. The molecule has 0 spiro atoms. The topological polar surface area (TPSA) is 99.6 Å². The van der Waals surface area contributed by atoms with E-state index in [-0.39, 0.29) is 17.8 Å². The van der Waals surface area contributed by atoms with Gasteiger partial charge in [0.1, 0.15) is 17.4 Å². The second-order valence-corrected chi connectivity index (χ2v) is 6.63. The summed E-state index contributed by atoms with van der Waals surface area (Å²) in [5.41, 5.74) is 0.925. The summed E-state index contributed by atoms with van der Waals surface area (Å²) in [6, 6.07) is 11.9. The van der Waals surface area contributed by atoms with Crippen LogP contribution in [0.15, 0.2) is 64.4 Å². The molecule has 0 aliphatic rings. The predicted octanol–water partition coefficient (Wildman–Crippen LogP) is 1.46. The van der Waals surface area contributed by atoms with Crippen LogP contribution < -0.4 is 21.1 Å². The first-order valence-corrected chi connectivity index (χ1v) is 8.94. The van der Waals surface area contributed by atoms with Crippen molar-refractivity contribution in [3.05, 3.63) is 86.4 Å². The molecular formula is C21H21N3O4. The molecule has 7 nitrogen and oxygen atoms in total. The van der Waals surface area contributed by atoms with Gasteiger partial charge in [0, 0.05) is 32.4 Å². The maximum atomic E-state index is 12.1. The normalized spacial score (nSPS) is 11.9. The van der Waals surface area contributed by atoms with E-state index in [1.54, 1.807) is 24.3 Å². The number of aromatic nitrogens is 1. The Morgan fingerprint density at radius 2 is 1.75 bits per heavy atom. The first-order valence-electron chi connectivity index (χ1n) is 8.94. The van der Waals surface area contributed by atoms with Crippen molar-refractivity contribution < 1.29 is 9.90 Å². The maximum Gasteiger partial charge on any atom is 0.326 e. The van der Waals surface area contributed by atoms with E-state index in [0.29, 0.717) is 13.0 Å². The van der Waals surface area contributed by atoms with Crippen molar-refractivity contribution in [1.82, 2.24) is 4.98 Å². The standard InChI is InChI=1S/C21H21N3O4/c1-24(12-9-14-7-10-22-11-8-14)18-17(19(25)20(18)26)23-16(21(27)28)13-15-5-3-2-4-6-15/h2-8,10-11,16,23H,9,12-13H2,1H3,(H,27,28)/t16-/m0/s1. The van der Waals surface area contributed by atoms with Gasteiger partial charge < -0.3 is 15.3 Å². The molecule has 1 atom stereocenters. The highest BCUT2D eigenvalue weighted by atomic mass is 16.4. The van der Waals surface area contributed by atoms with Gasteiger partial charge >= 0.3 is 5.97 Å². The summed E-state index contributed by atoms with van der Waals surface area (Å²) >= 11 is 0. The zero-order chi connectivity index (χ0) is 20.1. The van der Waals surface area contributed by atoms with Crippen molar-refractivity contribution in [3.63, 3.8) is 0 Å². The van der Waals surface area contributed by atoms with E-state index in [4.69, 9.17) is 0 Å². The van der Waals surface area contributed by atoms with Crippen molar-refractivity contribution >= 4 is 17.3 Å². The van der Waals surface area contributed by atoms with Crippen molar-refractivity contribution in [2.75, 3.05) is 23.8 Å². The molecule has 0 saturated heterocycles. The van der Waals surface area contributed by atoms with Gasteiger partial charge in [0.05, 0.1) is 0 Å². The van der Waals surface area contributed by atoms with Crippen molar-refractivity contribution in [1.29, 1.82) is 0 Å². The number of carbonyl (C=O) groups is 1. The van der Waals surface area contributed by atoms with Crippen LogP contribution in [-0.2, 0) is 17.6 Å². The zero-order valence-corrected chi connectivity index (χ0v) is 15.5. The van der Waals surface area contributed by atoms with E-state index in [0.717, 1.165) is 11.1 Å². The van der Waals surface area contributed by atoms with Gasteiger partial charge in [-0.25, -0.2) is 4.79 Å². The van der Waals surface area contributed by atoms with Crippen LogP contribution in [0.3, 0.4) is 0 Å². The van der Waals surface area contributed by atoms with Crippen LogP contribution in [0.2, 0.25) is 0 Å². The summed E-state index contributed by atoms with van der Waals surface area (Å²) in [6.45, 7) is 0.514. The van der Waals surface area contributed by atoms with Crippen molar-refractivity contribution in [3.8, 4) is 0 Å². The van der Waals surface area contributed by atoms with Gasteiger partial charge in [0.2, 0.25) is 0 Å². The summed E-state index contributed by atoms with van der Waals surface area (Å²) in [7, 11) is 1.72. The first-order chi connectivity index (χ1) is 13.5. The minimum Gasteiger partial charge on any atom is -0.480 e. The molecule has 144 valence electrons. The number of anilines is 2. The van der Waals surface area contributed by atoms with Crippen LogP contribution in [0.4, 0.5) is 11.4 Å². The van der Waals surface area contributed by atoms with E-state index in [1.807, 2.05) is 42.5 Å². The van der Waals surface area contributed by atoms with Crippen LogP contribution in [-0.4, -0.2) is 35.7 Å². The minimum absolute atomic E-state index is 0.0746. The number of hydrogen-bond donors (Lipinski definition) is 2. The lowest BCUT2D eigenvalue weighted by Crippen LogP contribution is -2.45. The third kappa shape index (κ3) is 4.25. The highest BCUT2D eigenvalue weighted by Crippen LogP contribution is 2.21. The van der Waals surface area contributed by atoms with Gasteiger partial charge in [0.25, 0.3) is 10.9 Å². The first kappa shape index (κ1) is 19.3. The SMILES string of the molecule is CN(CCc1ccncc1)c1c(N[C@@H](Cc2ccccc2)C(=O)O)c(=O)c1=O. The summed E-state index contributed by atoms with van der Waals surface area (Å²) < 4.78 is 0. The van der Waals surface area contributed by atoms with Gasteiger partial charge in [-0.05, 0) is 29.7 Å². The van der Waals surface area contributed by atoms with Gasteiger partial charge in [0.15, 0.2) is 0 Å². The fourth-order valence-corrected chi connectivity index (χ4v) is 3.06. The molecule has 0 radical (unpaired) electrons. The van der Waals surface area contributed by atoms with Crippen LogP contribution >= 0.6 is 0 Å². The Bertz CT molecular complexity index is 1010. The number of rotatable bonds is 9. The number of nitrogens with zero attached hydrogens (tertiary/aromatic N) is 2. The lowest BCUT2D eigenvalue weighted by atomic mass is 10.0. The molecule has 3 rings (SSSR count). The average molecular weight is 379 g/mol. The molecule has 0 amide bonds.